The van der Waals surface area contributed by atoms with Crippen LogP contribution < -0.4 is 4.72 Å². The second kappa shape index (κ2) is 5.89. The number of hydrogen-bond acceptors (Lipinski definition) is 4. The van der Waals surface area contributed by atoms with Crippen molar-refractivity contribution in [3.8, 4) is 11.3 Å². The van der Waals surface area contributed by atoms with Gasteiger partial charge in [-0.3, -0.25) is 0 Å². The number of hydrogen-bond donors (Lipinski definition) is 1. The standard InChI is InChI=1S/C18H16N2OS/c1-2-4-15(5-3-1)20-22-16-10-8-13(9-11-16)17-12-19-18(21-17)14-6-7-14/h1-5,8-12,14,20H,6-7H2. The Balaban J connectivity index is 1.43. The normalized spacial score (nSPS) is 14.0. The SMILES string of the molecule is c1ccc(NSc2ccc(-c3cnc(C4CC4)o3)cc2)cc1. The third-order valence-electron chi connectivity index (χ3n) is 3.65. The maximum absolute atomic E-state index is 5.83. The third kappa shape index (κ3) is 3.02. The molecule has 0 saturated heterocycles. The monoisotopic (exact) mass is 308 g/mol. The summed E-state index contributed by atoms with van der Waals surface area (Å²) in [5.41, 5.74) is 2.17. The van der Waals surface area contributed by atoms with E-state index in [-0.39, 0.29) is 0 Å². The zero-order valence-corrected chi connectivity index (χ0v) is 12.8. The highest BCUT2D eigenvalue weighted by Gasteiger charge is 2.28. The van der Waals surface area contributed by atoms with Crippen LogP contribution in [-0.2, 0) is 0 Å². The first-order valence-electron chi connectivity index (χ1n) is 7.42. The molecule has 0 spiro atoms. The van der Waals surface area contributed by atoms with Crippen molar-refractivity contribution >= 4 is 17.6 Å². The second-order valence-corrected chi connectivity index (χ2v) is 6.31. The van der Waals surface area contributed by atoms with Crippen molar-refractivity contribution in [3.63, 3.8) is 0 Å². The number of benzene rings is 2. The van der Waals surface area contributed by atoms with Gasteiger partial charge in [0.15, 0.2) is 11.7 Å². The molecule has 4 heteroatoms. The minimum atomic E-state index is 0.554. The van der Waals surface area contributed by atoms with Crippen LogP contribution in [0.1, 0.15) is 24.7 Å². The molecule has 1 aromatic heterocycles. The Morgan fingerprint density at radius 1 is 1.00 bits per heavy atom. The lowest BCUT2D eigenvalue weighted by Crippen LogP contribution is -1.85. The lowest BCUT2D eigenvalue weighted by molar-refractivity contribution is 0.509. The maximum atomic E-state index is 5.83. The van der Waals surface area contributed by atoms with Crippen LogP contribution in [0.4, 0.5) is 5.69 Å². The van der Waals surface area contributed by atoms with Gasteiger partial charge in [0, 0.05) is 22.1 Å². The molecule has 0 unspecified atom stereocenters. The van der Waals surface area contributed by atoms with E-state index in [1.165, 1.54) is 12.8 Å². The summed E-state index contributed by atoms with van der Waals surface area (Å²) >= 11 is 1.60. The first-order chi connectivity index (χ1) is 10.9. The molecule has 22 heavy (non-hydrogen) atoms. The van der Waals surface area contributed by atoms with Crippen LogP contribution in [0.3, 0.4) is 0 Å². The predicted molar refractivity (Wildman–Crippen MR) is 89.8 cm³/mol. The van der Waals surface area contributed by atoms with E-state index in [1.807, 2.05) is 24.4 Å². The van der Waals surface area contributed by atoms with Crippen LogP contribution in [0.25, 0.3) is 11.3 Å². The van der Waals surface area contributed by atoms with Gasteiger partial charge in [0.05, 0.1) is 6.20 Å². The van der Waals surface area contributed by atoms with Crippen molar-refractivity contribution in [2.24, 2.45) is 0 Å². The van der Waals surface area contributed by atoms with Crippen LogP contribution in [0.2, 0.25) is 0 Å². The molecule has 110 valence electrons. The van der Waals surface area contributed by atoms with Crippen molar-refractivity contribution in [1.82, 2.24) is 4.98 Å². The molecule has 0 aliphatic heterocycles. The van der Waals surface area contributed by atoms with E-state index in [9.17, 15) is 0 Å². The summed E-state index contributed by atoms with van der Waals surface area (Å²) in [4.78, 5) is 5.53. The Labute approximate surface area is 133 Å². The smallest absolute Gasteiger partial charge is 0.198 e. The highest BCUT2D eigenvalue weighted by Crippen LogP contribution is 2.40. The number of nitrogens with zero attached hydrogens (tertiary/aromatic N) is 1. The molecule has 1 aliphatic rings. The Morgan fingerprint density at radius 3 is 2.50 bits per heavy atom. The van der Waals surface area contributed by atoms with E-state index >= 15 is 0 Å². The van der Waals surface area contributed by atoms with Gasteiger partial charge in [-0.25, -0.2) is 4.98 Å². The van der Waals surface area contributed by atoms with Gasteiger partial charge in [0.2, 0.25) is 0 Å². The highest BCUT2D eigenvalue weighted by molar-refractivity contribution is 8.00. The molecule has 0 amide bonds. The molecule has 0 bridgehead atoms. The quantitative estimate of drug-likeness (QED) is 0.646. The van der Waals surface area contributed by atoms with Gasteiger partial charge in [-0.15, -0.1) is 0 Å². The molecule has 1 aliphatic carbocycles. The van der Waals surface area contributed by atoms with Crippen LogP contribution >= 0.6 is 11.9 Å². The predicted octanol–water partition coefficient (Wildman–Crippen LogP) is 5.34. The molecule has 2 aromatic carbocycles. The number of oxazole rings is 1. The van der Waals surface area contributed by atoms with Gasteiger partial charge >= 0.3 is 0 Å². The topological polar surface area (TPSA) is 38.1 Å². The van der Waals surface area contributed by atoms with Crippen molar-refractivity contribution in [2.45, 2.75) is 23.7 Å². The van der Waals surface area contributed by atoms with Crippen LogP contribution in [-0.4, -0.2) is 4.98 Å². The summed E-state index contributed by atoms with van der Waals surface area (Å²) in [5.74, 6) is 2.30. The number of rotatable bonds is 5. The molecular formula is C18H16N2OS. The van der Waals surface area contributed by atoms with Crippen molar-refractivity contribution in [2.75, 3.05) is 4.72 Å². The second-order valence-electron chi connectivity index (χ2n) is 5.43. The summed E-state index contributed by atoms with van der Waals surface area (Å²) in [5, 5.41) is 0. The van der Waals surface area contributed by atoms with Crippen LogP contribution in [0, 0.1) is 0 Å². The number of aromatic nitrogens is 1. The van der Waals surface area contributed by atoms with Crippen molar-refractivity contribution in [1.29, 1.82) is 0 Å². The average molecular weight is 308 g/mol. The molecule has 1 fully saturated rings. The molecular weight excluding hydrogens is 292 g/mol. The van der Waals surface area contributed by atoms with Gasteiger partial charge in [-0.05, 0) is 49.1 Å². The molecule has 4 rings (SSSR count). The highest BCUT2D eigenvalue weighted by atomic mass is 32.2. The van der Waals surface area contributed by atoms with Crippen molar-refractivity contribution < 1.29 is 4.42 Å². The largest absolute Gasteiger partial charge is 0.440 e. The summed E-state index contributed by atoms with van der Waals surface area (Å²) in [6.45, 7) is 0. The molecule has 1 heterocycles. The minimum absolute atomic E-state index is 0.554. The number of para-hydroxylation sites is 1. The van der Waals surface area contributed by atoms with Gasteiger partial charge in [0.1, 0.15) is 0 Å². The van der Waals surface area contributed by atoms with Gasteiger partial charge < -0.3 is 9.14 Å². The zero-order valence-electron chi connectivity index (χ0n) is 12.0. The Hall–Kier alpha value is -2.20. The number of nitrogens with one attached hydrogen (secondary N) is 1. The maximum Gasteiger partial charge on any atom is 0.198 e. The van der Waals surface area contributed by atoms with Crippen LogP contribution in [0.5, 0.6) is 0 Å². The minimum Gasteiger partial charge on any atom is -0.440 e. The van der Waals surface area contributed by atoms with E-state index < -0.39 is 0 Å². The summed E-state index contributed by atoms with van der Waals surface area (Å²) in [6, 6.07) is 18.5. The van der Waals surface area contributed by atoms with Gasteiger partial charge in [-0.2, -0.15) is 0 Å². The first kappa shape index (κ1) is 13.5. The number of anilines is 1. The molecule has 1 saturated carbocycles. The van der Waals surface area contributed by atoms with Crippen LogP contribution in [0.15, 0.2) is 70.1 Å². The fraction of sp³-hybridized carbons (Fsp3) is 0.167. The fourth-order valence-corrected chi connectivity index (χ4v) is 2.90. The molecule has 0 radical (unpaired) electrons. The Kier molecular flexibility index (Phi) is 3.60. The van der Waals surface area contributed by atoms with E-state index in [1.54, 1.807) is 11.9 Å². The summed E-state index contributed by atoms with van der Waals surface area (Å²) < 4.78 is 9.16. The summed E-state index contributed by atoms with van der Waals surface area (Å²) in [7, 11) is 0. The molecule has 0 atom stereocenters. The third-order valence-corrected chi connectivity index (χ3v) is 4.50. The average Bonchev–Trinajstić information content (AvgIpc) is 3.32. The van der Waals surface area contributed by atoms with Crippen molar-refractivity contribution in [3.05, 3.63) is 66.7 Å². The van der Waals surface area contributed by atoms with E-state index in [0.717, 1.165) is 27.8 Å². The summed E-state index contributed by atoms with van der Waals surface area (Å²) in [6.07, 6.45) is 4.25. The molecule has 3 aromatic rings. The van der Waals surface area contributed by atoms with E-state index in [4.69, 9.17) is 4.42 Å². The van der Waals surface area contributed by atoms with E-state index in [0.29, 0.717) is 5.92 Å². The van der Waals surface area contributed by atoms with Gasteiger partial charge in [-0.1, -0.05) is 30.3 Å². The fourth-order valence-electron chi connectivity index (χ4n) is 2.25. The Bertz CT molecular complexity index is 748. The zero-order chi connectivity index (χ0) is 14.8. The van der Waals surface area contributed by atoms with Gasteiger partial charge in [0.25, 0.3) is 0 Å². The molecule has 3 nitrogen and oxygen atoms in total. The lowest BCUT2D eigenvalue weighted by atomic mass is 10.2. The Morgan fingerprint density at radius 2 is 1.77 bits per heavy atom. The lowest BCUT2D eigenvalue weighted by Gasteiger charge is -2.05. The van der Waals surface area contributed by atoms with E-state index in [2.05, 4.69) is 46.1 Å². The first-order valence-corrected chi connectivity index (χ1v) is 8.24. The molecule has 1 N–H and O–H groups in total.